The van der Waals surface area contributed by atoms with Gasteiger partial charge in [-0.3, -0.25) is 4.79 Å². The molecule has 0 heterocycles. The van der Waals surface area contributed by atoms with Crippen molar-refractivity contribution in [3.05, 3.63) is 52.3 Å². The van der Waals surface area contributed by atoms with Gasteiger partial charge in [0.05, 0.1) is 25.0 Å². The predicted molar refractivity (Wildman–Crippen MR) is 102 cm³/mol. The summed E-state index contributed by atoms with van der Waals surface area (Å²) >= 11 is 6.17. The molecule has 0 saturated heterocycles. The highest BCUT2D eigenvalue weighted by atomic mass is 35.5. The number of hydrogen-bond acceptors (Lipinski definition) is 5. The zero-order chi connectivity index (χ0) is 19.8. The van der Waals surface area contributed by atoms with E-state index < -0.39 is 11.7 Å². The lowest BCUT2D eigenvalue weighted by atomic mass is 10.2. The first kappa shape index (κ1) is 20.5. The number of halogens is 2. The molecule has 2 aromatic rings. The first-order valence-corrected chi connectivity index (χ1v) is 8.54. The molecule has 1 amide bonds. The Labute approximate surface area is 161 Å². The van der Waals surface area contributed by atoms with Crippen molar-refractivity contribution in [2.45, 2.75) is 13.8 Å². The van der Waals surface area contributed by atoms with E-state index in [1.54, 1.807) is 31.2 Å². The number of rotatable bonds is 8. The number of oxime groups is 1. The van der Waals surface area contributed by atoms with Gasteiger partial charge in [-0.2, -0.15) is 0 Å². The average molecular weight is 395 g/mol. The molecule has 0 spiro atoms. The molecule has 0 unspecified atom stereocenters. The molecule has 1 N–H and O–H groups in total. The molecule has 27 heavy (non-hydrogen) atoms. The van der Waals surface area contributed by atoms with Crippen LogP contribution in [0.25, 0.3) is 0 Å². The van der Waals surface area contributed by atoms with E-state index in [0.29, 0.717) is 39.9 Å². The van der Waals surface area contributed by atoms with E-state index in [-0.39, 0.29) is 6.61 Å². The third kappa shape index (κ3) is 5.86. The Morgan fingerprint density at radius 3 is 2.78 bits per heavy atom. The minimum Gasteiger partial charge on any atom is -0.493 e. The van der Waals surface area contributed by atoms with Gasteiger partial charge in [0.2, 0.25) is 0 Å². The van der Waals surface area contributed by atoms with Gasteiger partial charge in [-0.15, -0.1) is 0 Å². The third-order valence-electron chi connectivity index (χ3n) is 3.47. The van der Waals surface area contributed by atoms with Crippen LogP contribution in [0, 0.1) is 12.7 Å². The summed E-state index contributed by atoms with van der Waals surface area (Å²) in [6, 6.07) is 7.74. The maximum atomic E-state index is 13.5. The predicted octanol–water partition coefficient (Wildman–Crippen LogP) is 4.18. The van der Waals surface area contributed by atoms with Crippen LogP contribution in [0.3, 0.4) is 0 Å². The molecule has 144 valence electrons. The Morgan fingerprint density at radius 1 is 1.33 bits per heavy atom. The summed E-state index contributed by atoms with van der Waals surface area (Å²) < 4.78 is 24.1. The van der Waals surface area contributed by atoms with Gasteiger partial charge in [0.1, 0.15) is 5.82 Å². The average Bonchev–Trinajstić information content (AvgIpc) is 2.64. The fourth-order valence-electron chi connectivity index (χ4n) is 2.16. The second kappa shape index (κ2) is 9.78. The lowest BCUT2D eigenvalue weighted by Crippen LogP contribution is -2.17. The number of hydrogen-bond donors (Lipinski definition) is 1. The summed E-state index contributed by atoms with van der Waals surface area (Å²) in [7, 11) is 1.50. The van der Waals surface area contributed by atoms with Crippen LogP contribution in [0.1, 0.15) is 18.1 Å². The summed E-state index contributed by atoms with van der Waals surface area (Å²) in [5, 5.41) is 6.63. The highest BCUT2D eigenvalue weighted by Gasteiger charge is 2.11. The number of nitrogens with zero attached hydrogens (tertiary/aromatic N) is 1. The number of ether oxygens (including phenoxy) is 2. The maximum absolute atomic E-state index is 13.5. The number of carbonyl (C=O) groups excluding carboxylic acids is 1. The van der Waals surface area contributed by atoms with E-state index in [2.05, 4.69) is 10.5 Å². The van der Waals surface area contributed by atoms with Crippen molar-refractivity contribution in [2.75, 3.05) is 25.6 Å². The van der Waals surface area contributed by atoms with Crippen LogP contribution in [0.4, 0.5) is 10.1 Å². The Bertz CT molecular complexity index is 843. The number of aryl methyl sites for hydroxylation is 1. The van der Waals surface area contributed by atoms with E-state index in [1.165, 1.54) is 19.4 Å². The topological polar surface area (TPSA) is 69.2 Å². The molecule has 0 aliphatic carbocycles. The van der Waals surface area contributed by atoms with E-state index in [4.69, 9.17) is 25.9 Å². The van der Waals surface area contributed by atoms with Gasteiger partial charge in [0.25, 0.3) is 5.91 Å². The Kier molecular flexibility index (Phi) is 7.43. The van der Waals surface area contributed by atoms with E-state index in [9.17, 15) is 9.18 Å². The minimum atomic E-state index is -0.460. The van der Waals surface area contributed by atoms with Gasteiger partial charge >= 0.3 is 0 Å². The van der Waals surface area contributed by atoms with Crippen molar-refractivity contribution < 1.29 is 23.5 Å². The van der Waals surface area contributed by atoms with Crippen molar-refractivity contribution in [3.8, 4) is 11.5 Å². The molecule has 0 saturated carbocycles. The van der Waals surface area contributed by atoms with Gasteiger partial charge in [0, 0.05) is 11.3 Å². The van der Waals surface area contributed by atoms with E-state index >= 15 is 0 Å². The fourth-order valence-corrected chi connectivity index (χ4v) is 2.43. The highest BCUT2D eigenvalue weighted by molar-refractivity contribution is 6.32. The van der Waals surface area contributed by atoms with Crippen molar-refractivity contribution in [3.63, 3.8) is 0 Å². The summed E-state index contributed by atoms with van der Waals surface area (Å²) in [5.41, 5.74) is 1.46. The Balaban J connectivity index is 1.92. The van der Waals surface area contributed by atoms with Gasteiger partial charge in [0.15, 0.2) is 18.1 Å². The van der Waals surface area contributed by atoms with Crippen LogP contribution in [-0.2, 0) is 9.63 Å². The van der Waals surface area contributed by atoms with Crippen molar-refractivity contribution in [1.82, 2.24) is 0 Å². The molecule has 0 aromatic heterocycles. The summed E-state index contributed by atoms with van der Waals surface area (Å²) in [4.78, 5) is 16.8. The molecule has 0 radical (unpaired) electrons. The second-order valence-corrected chi connectivity index (χ2v) is 5.89. The Hall–Kier alpha value is -2.80. The number of methoxy groups -OCH3 is 1. The van der Waals surface area contributed by atoms with Gasteiger partial charge in [-0.25, -0.2) is 4.39 Å². The Morgan fingerprint density at radius 2 is 2.11 bits per heavy atom. The van der Waals surface area contributed by atoms with Crippen LogP contribution in [0.5, 0.6) is 11.5 Å². The number of anilines is 1. The first-order valence-electron chi connectivity index (χ1n) is 8.16. The molecule has 2 rings (SSSR count). The number of amides is 1. The molecule has 6 nitrogen and oxygen atoms in total. The molecule has 0 aliphatic rings. The molecule has 2 aromatic carbocycles. The first-order chi connectivity index (χ1) is 12.9. The number of nitrogens with one attached hydrogen (secondary N) is 1. The molecular weight excluding hydrogens is 375 g/mol. The van der Waals surface area contributed by atoms with E-state index in [0.717, 1.165) is 0 Å². The number of benzene rings is 2. The fraction of sp³-hybridized carbons (Fsp3) is 0.263. The van der Waals surface area contributed by atoms with Crippen LogP contribution in [0.15, 0.2) is 35.5 Å². The van der Waals surface area contributed by atoms with Gasteiger partial charge in [-0.05, 0) is 43.7 Å². The maximum Gasteiger partial charge on any atom is 0.265 e. The zero-order valence-electron chi connectivity index (χ0n) is 15.2. The normalized spacial score (nSPS) is 10.7. The molecule has 0 fully saturated rings. The summed E-state index contributed by atoms with van der Waals surface area (Å²) in [6.45, 7) is 3.61. The number of carbonyl (C=O) groups is 1. The monoisotopic (exact) mass is 394 g/mol. The zero-order valence-corrected chi connectivity index (χ0v) is 16.0. The van der Waals surface area contributed by atoms with Crippen LogP contribution in [0.2, 0.25) is 5.02 Å². The van der Waals surface area contributed by atoms with Crippen LogP contribution >= 0.6 is 11.6 Å². The van der Waals surface area contributed by atoms with E-state index in [1.807, 2.05) is 6.92 Å². The second-order valence-electron chi connectivity index (χ2n) is 5.49. The smallest absolute Gasteiger partial charge is 0.265 e. The van der Waals surface area contributed by atoms with Gasteiger partial charge < -0.3 is 19.6 Å². The summed E-state index contributed by atoms with van der Waals surface area (Å²) in [6.07, 6.45) is 1.39. The van der Waals surface area contributed by atoms with Crippen LogP contribution in [-0.4, -0.2) is 32.4 Å². The summed E-state index contributed by atoms with van der Waals surface area (Å²) in [5.74, 6) is 0.0557. The minimum absolute atomic E-state index is 0.326. The molecule has 0 bridgehead atoms. The van der Waals surface area contributed by atoms with Crippen molar-refractivity contribution >= 4 is 29.4 Å². The molecule has 8 heteroatoms. The lowest BCUT2D eigenvalue weighted by Gasteiger charge is -2.11. The standard InChI is InChI=1S/C19H20ClFN2O4/c1-4-26-19-15(20)7-13(8-17(19)25-3)10-22-27-11-18(24)23-14-6-5-12(2)16(21)9-14/h5-10H,4,11H2,1-3H3,(H,23,24)/b22-10-. The lowest BCUT2D eigenvalue weighted by molar-refractivity contribution is -0.120. The van der Waals surface area contributed by atoms with Crippen LogP contribution < -0.4 is 14.8 Å². The van der Waals surface area contributed by atoms with Crippen molar-refractivity contribution in [1.29, 1.82) is 0 Å². The molecule has 0 aliphatic heterocycles. The third-order valence-corrected chi connectivity index (χ3v) is 3.75. The molecule has 0 atom stereocenters. The quantitative estimate of drug-likeness (QED) is 0.538. The van der Waals surface area contributed by atoms with Crippen molar-refractivity contribution in [2.24, 2.45) is 5.16 Å². The highest BCUT2D eigenvalue weighted by Crippen LogP contribution is 2.35. The largest absolute Gasteiger partial charge is 0.493 e. The SMILES string of the molecule is CCOc1c(Cl)cc(/C=N\OCC(=O)Nc2ccc(C)c(F)c2)cc1OC. The van der Waals surface area contributed by atoms with Gasteiger partial charge in [-0.1, -0.05) is 22.8 Å². The molecular formula is C19H20ClFN2O4.